The maximum atomic E-state index is 15.0. The van der Waals surface area contributed by atoms with E-state index in [0.717, 1.165) is 6.07 Å². The van der Waals surface area contributed by atoms with Crippen LogP contribution >= 0.6 is 0 Å². The smallest absolute Gasteiger partial charge is 0.269 e. The van der Waals surface area contributed by atoms with Crippen LogP contribution in [0.2, 0.25) is 0 Å². The number of pyridine rings is 2. The fraction of sp³-hybridized carbons (Fsp3) is 0.0357. The molecule has 0 fully saturated rings. The minimum Gasteiger partial charge on any atom is -0.435 e. The van der Waals surface area contributed by atoms with Crippen molar-refractivity contribution in [2.75, 3.05) is 5.32 Å². The van der Waals surface area contributed by atoms with Gasteiger partial charge in [0.25, 0.3) is 11.5 Å². The van der Waals surface area contributed by atoms with Crippen molar-refractivity contribution in [3.63, 3.8) is 0 Å². The first kappa shape index (κ1) is 23.9. The Balaban J connectivity index is 1.31. The summed E-state index contributed by atoms with van der Waals surface area (Å²) in [6.07, 6.45) is 4.62. The quantitative estimate of drug-likeness (QED) is 0.341. The average Bonchev–Trinajstić information content (AvgIpc) is 3.32. The molecule has 192 valence electrons. The number of nitrogens with zero attached hydrogens (tertiary/aromatic N) is 5. The predicted octanol–water partition coefficient (Wildman–Crippen LogP) is 4.99. The molecule has 2 aromatic carbocycles. The Kier molecular flexibility index (Phi) is 5.80. The van der Waals surface area contributed by atoms with Gasteiger partial charge in [0.05, 0.1) is 11.1 Å². The third kappa shape index (κ3) is 4.35. The minimum atomic E-state index is -0.753. The van der Waals surface area contributed by atoms with Crippen LogP contribution in [-0.4, -0.2) is 30.0 Å². The second-order valence-corrected chi connectivity index (χ2v) is 8.64. The number of fused-ring (bicyclic) bond motifs is 2. The molecule has 0 aliphatic heterocycles. The summed E-state index contributed by atoms with van der Waals surface area (Å²) in [6, 6.07) is 15.7. The molecule has 9 nitrogen and oxygen atoms in total. The van der Waals surface area contributed by atoms with Gasteiger partial charge < -0.3 is 14.6 Å². The van der Waals surface area contributed by atoms with Crippen LogP contribution in [0.3, 0.4) is 0 Å². The SMILES string of the molecule is Cn1ccc2c(Oc3ccc(NC(=O)c4cc5cccnc5n(-c5ccc(F)cc5)c4=O)cc3F)ncnc21. The molecule has 0 saturated carbocycles. The molecule has 0 atom stereocenters. The third-order valence-corrected chi connectivity index (χ3v) is 6.11. The summed E-state index contributed by atoms with van der Waals surface area (Å²) >= 11 is 0. The molecule has 11 heteroatoms. The number of aryl methyl sites for hydroxylation is 1. The molecule has 0 aliphatic rings. The molecule has 0 unspecified atom stereocenters. The largest absolute Gasteiger partial charge is 0.435 e. The predicted molar refractivity (Wildman–Crippen MR) is 140 cm³/mol. The normalized spacial score (nSPS) is 11.2. The highest BCUT2D eigenvalue weighted by molar-refractivity contribution is 6.05. The van der Waals surface area contributed by atoms with Gasteiger partial charge in [-0.05, 0) is 60.7 Å². The van der Waals surface area contributed by atoms with E-state index in [9.17, 15) is 18.4 Å². The van der Waals surface area contributed by atoms with E-state index in [-0.39, 0.29) is 22.9 Å². The fourth-order valence-corrected chi connectivity index (χ4v) is 4.23. The molecule has 1 N–H and O–H groups in total. The van der Waals surface area contributed by atoms with Gasteiger partial charge in [-0.25, -0.2) is 23.7 Å². The Hall–Kier alpha value is -5.45. The first-order chi connectivity index (χ1) is 18.9. The number of halogens is 2. The number of hydrogen-bond donors (Lipinski definition) is 1. The van der Waals surface area contributed by atoms with Crippen LogP contribution in [0.4, 0.5) is 14.5 Å². The number of hydrogen-bond acceptors (Lipinski definition) is 6. The topological polar surface area (TPSA) is 104 Å². The van der Waals surface area contributed by atoms with Gasteiger partial charge in [0.2, 0.25) is 5.88 Å². The Morgan fingerprint density at radius 3 is 2.56 bits per heavy atom. The van der Waals surface area contributed by atoms with E-state index in [1.807, 2.05) is 7.05 Å². The fourth-order valence-electron chi connectivity index (χ4n) is 4.23. The molecule has 0 radical (unpaired) electrons. The number of carbonyl (C=O) groups is 1. The van der Waals surface area contributed by atoms with Crippen molar-refractivity contribution >= 4 is 33.7 Å². The highest BCUT2D eigenvalue weighted by Gasteiger charge is 2.19. The first-order valence-electron chi connectivity index (χ1n) is 11.7. The summed E-state index contributed by atoms with van der Waals surface area (Å²) < 4.78 is 37.2. The van der Waals surface area contributed by atoms with Gasteiger partial charge in [-0.3, -0.25) is 14.2 Å². The molecule has 0 spiro atoms. The molecule has 6 aromatic rings. The molecular weight excluding hydrogens is 506 g/mol. The Bertz CT molecular complexity index is 1950. The average molecular weight is 524 g/mol. The summed E-state index contributed by atoms with van der Waals surface area (Å²) in [4.78, 5) is 39.1. The molecule has 0 saturated heterocycles. The van der Waals surface area contributed by atoms with Gasteiger partial charge in [0.1, 0.15) is 29.0 Å². The van der Waals surface area contributed by atoms with Crippen molar-refractivity contribution in [1.29, 1.82) is 0 Å². The standard InChI is InChI=1S/C28H18F2N6O3/c1-35-12-10-20-25(35)32-15-33-27(20)39-23-9-6-18(14-22(23)30)34-26(37)21-13-16-3-2-11-31-24(16)36(28(21)38)19-7-4-17(29)5-8-19/h2-15H,1H3,(H,34,37). The number of amides is 1. The van der Waals surface area contributed by atoms with Crippen molar-refractivity contribution in [2.45, 2.75) is 0 Å². The molecule has 1 amide bonds. The van der Waals surface area contributed by atoms with Crippen LogP contribution in [0.5, 0.6) is 11.6 Å². The third-order valence-electron chi connectivity index (χ3n) is 6.11. The molecule has 4 heterocycles. The molecule has 4 aromatic heterocycles. The Morgan fingerprint density at radius 2 is 1.77 bits per heavy atom. The summed E-state index contributed by atoms with van der Waals surface area (Å²) in [5, 5.41) is 3.68. The summed E-state index contributed by atoms with van der Waals surface area (Å²) in [5.74, 6) is -1.89. The van der Waals surface area contributed by atoms with Gasteiger partial charge >= 0.3 is 0 Å². The number of anilines is 1. The summed E-state index contributed by atoms with van der Waals surface area (Å²) in [5.41, 5.74) is 0.506. The Labute approximate surface area is 219 Å². The number of carbonyl (C=O) groups excluding carboxylic acids is 1. The van der Waals surface area contributed by atoms with Crippen LogP contribution in [0.25, 0.3) is 27.8 Å². The second-order valence-electron chi connectivity index (χ2n) is 8.64. The van der Waals surface area contributed by atoms with E-state index in [2.05, 4.69) is 20.3 Å². The number of nitrogens with one attached hydrogen (secondary N) is 1. The van der Waals surface area contributed by atoms with Crippen molar-refractivity contribution in [1.82, 2.24) is 24.1 Å². The first-order valence-corrected chi connectivity index (χ1v) is 11.7. The highest BCUT2D eigenvalue weighted by Crippen LogP contribution is 2.30. The summed E-state index contributed by atoms with van der Waals surface area (Å²) in [7, 11) is 1.82. The lowest BCUT2D eigenvalue weighted by Crippen LogP contribution is -2.29. The molecule has 39 heavy (non-hydrogen) atoms. The summed E-state index contributed by atoms with van der Waals surface area (Å²) in [6.45, 7) is 0. The Morgan fingerprint density at radius 1 is 0.949 bits per heavy atom. The van der Waals surface area contributed by atoms with Crippen molar-refractivity contribution in [2.24, 2.45) is 7.05 Å². The van der Waals surface area contributed by atoms with Crippen LogP contribution < -0.4 is 15.6 Å². The van der Waals surface area contributed by atoms with Gasteiger partial charge in [-0.15, -0.1) is 0 Å². The van der Waals surface area contributed by atoms with Gasteiger partial charge in [0, 0.05) is 36.6 Å². The van der Waals surface area contributed by atoms with E-state index < -0.39 is 23.1 Å². The lowest BCUT2D eigenvalue weighted by molar-refractivity contribution is 0.102. The number of aromatic nitrogens is 5. The molecule has 0 aliphatic carbocycles. The van der Waals surface area contributed by atoms with Crippen LogP contribution in [0.1, 0.15) is 10.4 Å². The van der Waals surface area contributed by atoms with Crippen LogP contribution in [0.15, 0.2) is 90.2 Å². The zero-order valence-corrected chi connectivity index (χ0v) is 20.3. The van der Waals surface area contributed by atoms with Crippen molar-refractivity contribution in [3.05, 3.63) is 113 Å². The van der Waals surface area contributed by atoms with Gasteiger partial charge in [-0.2, -0.15) is 0 Å². The van der Waals surface area contributed by atoms with E-state index in [1.54, 1.807) is 29.0 Å². The number of rotatable bonds is 5. The van der Waals surface area contributed by atoms with E-state index in [0.29, 0.717) is 27.8 Å². The monoisotopic (exact) mass is 524 g/mol. The minimum absolute atomic E-state index is 0.104. The van der Waals surface area contributed by atoms with Gasteiger partial charge in [-0.1, -0.05) is 0 Å². The van der Waals surface area contributed by atoms with Gasteiger partial charge in [0.15, 0.2) is 11.6 Å². The van der Waals surface area contributed by atoms with Crippen LogP contribution in [0, 0.1) is 11.6 Å². The zero-order valence-electron chi connectivity index (χ0n) is 20.3. The molecule has 6 rings (SSSR count). The number of ether oxygens (including phenoxy) is 1. The maximum Gasteiger partial charge on any atom is 0.269 e. The second kappa shape index (κ2) is 9.45. The maximum absolute atomic E-state index is 15.0. The van der Waals surface area contributed by atoms with E-state index in [1.165, 1.54) is 59.6 Å². The lowest BCUT2D eigenvalue weighted by Gasteiger charge is -2.13. The molecule has 0 bridgehead atoms. The van der Waals surface area contributed by atoms with E-state index in [4.69, 9.17) is 4.74 Å². The molecular formula is C28H18F2N6O3. The van der Waals surface area contributed by atoms with Crippen molar-refractivity contribution in [3.8, 4) is 17.3 Å². The lowest BCUT2D eigenvalue weighted by atomic mass is 10.1. The highest BCUT2D eigenvalue weighted by atomic mass is 19.1. The van der Waals surface area contributed by atoms with Crippen LogP contribution in [-0.2, 0) is 7.05 Å². The van der Waals surface area contributed by atoms with Crippen molar-refractivity contribution < 1.29 is 18.3 Å². The zero-order chi connectivity index (χ0) is 27.1. The number of benzene rings is 2. The van der Waals surface area contributed by atoms with E-state index >= 15 is 0 Å².